The Balaban J connectivity index is 1.95. The lowest BCUT2D eigenvalue weighted by Crippen LogP contribution is -2.36. The first-order valence-electron chi connectivity index (χ1n) is 7.38. The minimum atomic E-state index is -4.62. The monoisotopic (exact) mass is 388 g/mol. The highest BCUT2D eigenvalue weighted by atomic mass is 35.5. The molecule has 0 atom stereocenters. The highest BCUT2D eigenvalue weighted by Crippen LogP contribution is 2.33. The number of hydrogen-bond donors (Lipinski definition) is 2. The van der Waals surface area contributed by atoms with Gasteiger partial charge in [0.1, 0.15) is 5.82 Å². The molecule has 0 aliphatic rings. The smallest absolute Gasteiger partial charge is 0.347 e. The van der Waals surface area contributed by atoms with Gasteiger partial charge in [0.25, 0.3) is 0 Å². The number of alkyl halides is 3. The van der Waals surface area contributed by atoms with Crippen molar-refractivity contribution in [3.63, 3.8) is 0 Å². The molecule has 26 heavy (non-hydrogen) atoms. The number of anilines is 1. The molecule has 0 radical (unpaired) electrons. The van der Waals surface area contributed by atoms with Gasteiger partial charge in [-0.15, -0.1) is 0 Å². The molecule has 0 saturated heterocycles. The highest BCUT2D eigenvalue weighted by molar-refractivity contribution is 6.41. The summed E-state index contributed by atoms with van der Waals surface area (Å²) >= 11 is 5.74. The third-order valence-corrected chi connectivity index (χ3v) is 3.72. The van der Waals surface area contributed by atoms with Crippen LogP contribution in [0.2, 0.25) is 5.02 Å². The summed E-state index contributed by atoms with van der Waals surface area (Å²) in [5.74, 6) is -2.70. The Hall–Kier alpha value is -2.61. The number of carbonyl (C=O) groups excluding carboxylic acids is 2. The fraction of sp³-hybridized carbons (Fsp3) is 0.176. The molecule has 2 aromatic carbocycles. The first-order valence-corrected chi connectivity index (χ1v) is 7.75. The Bertz CT molecular complexity index is 825. The summed E-state index contributed by atoms with van der Waals surface area (Å²) in [6, 6.07) is 8.30. The van der Waals surface area contributed by atoms with E-state index in [1.807, 2.05) is 5.32 Å². The predicted molar refractivity (Wildman–Crippen MR) is 88.2 cm³/mol. The van der Waals surface area contributed by atoms with Crippen LogP contribution in [0.1, 0.15) is 11.1 Å². The fourth-order valence-corrected chi connectivity index (χ4v) is 2.23. The zero-order valence-corrected chi connectivity index (χ0v) is 13.9. The quantitative estimate of drug-likeness (QED) is 0.618. The maximum absolute atomic E-state index is 13.4. The van der Waals surface area contributed by atoms with Crippen molar-refractivity contribution >= 4 is 29.1 Å². The van der Waals surface area contributed by atoms with Gasteiger partial charge in [-0.25, -0.2) is 4.39 Å². The van der Waals surface area contributed by atoms with Gasteiger partial charge in [-0.3, -0.25) is 9.59 Å². The standard InChI is InChI=1S/C17H13ClF4N2O2/c18-12-6-5-11(17(20,21)22)9-14(12)24-16(26)15(25)23-8-7-10-3-1-2-4-13(10)19/h1-6,9H,7-8H2,(H,23,25)(H,24,26). The van der Waals surface area contributed by atoms with Gasteiger partial charge >= 0.3 is 18.0 Å². The summed E-state index contributed by atoms with van der Waals surface area (Å²) in [5, 5.41) is 4.14. The molecule has 0 unspecified atom stereocenters. The summed E-state index contributed by atoms with van der Waals surface area (Å²) in [6.07, 6.45) is -4.47. The Kier molecular flexibility index (Phi) is 6.20. The zero-order chi connectivity index (χ0) is 19.3. The fourth-order valence-electron chi connectivity index (χ4n) is 2.07. The molecule has 0 saturated carbocycles. The average Bonchev–Trinajstić information content (AvgIpc) is 2.57. The Morgan fingerprint density at radius 3 is 2.38 bits per heavy atom. The van der Waals surface area contributed by atoms with E-state index in [4.69, 9.17) is 11.6 Å². The largest absolute Gasteiger partial charge is 0.416 e. The maximum atomic E-state index is 13.4. The second-order valence-corrected chi connectivity index (χ2v) is 5.65. The maximum Gasteiger partial charge on any atom is 0.416 e. The van der Waals surface area contributed by atoms with Crippen LogP contribution in [0.25, 0.3) is 0 Å². The molecule has 2 aromatic rings. The molecule has 2 N–H and O–H groups in total. The lowest BCUT2D eigenvalue weighted by Gasteiger charge is -2.11. The van der Waals surface area contributed by atoms with Crippen molar-refractivity contribution in [1.82, 2.24) is 5.32 Å². The molecule has 2 rings (SSSR count). The summed E-state index contributed by atoms with van der Waals surface area (Å²) in [5.41, 5.74) is -0.998. The van der Waals surface area contributed by atoms with Gasteiger partial charge in [0.15, 0.2) is 0 Å². The molecule has 9 heteroatoms. The topological polar surface area (TPSA) is 58.2 Å². The number of hydrogen-bond acceptors (Lipinski definition) is 2. The van der Waals surface area contributed by atoms with E-state index in [9.17, 15) is 27.2 Å². The Morgan fingerprint density at radius 1 is 1.04 bits per heavy atom. The minimum absolute atomic E-state index is 0.0243. The summed E-state index contributed by atoms with van der Waals surface area (Å²) in [6.45, 7) is -0.0243. The molecule has 2 amide bonds. The second kappa shape index (κ2) is 8.18. The number of carbonyl (C=O) groups is 2. The van der Waals surface area contributed by atoms with E-state index in [1.54, 1.807) is 6.07 Å². The predicted octanol–water partition coefficient (Wildman–Crippen LogP) is 3.80. The van der Waals surface area contributed by atoms with Gasteiger partial charge in [0.2, 0.25) is 0 Å². The van der Waals surface area contributed by atoms with Gasteiger partial charge < -0.3 is 10.6 Å². The van der Waals surface area contributed by atoms with Crippen LogP contribution < -0.4 is 10.6 Å². The van der Waals surface area contributed by atoms with Crippen molar-refractivity contribution in [2.24, 2.45) is 0 Å². The van der Waals surface area contributed by atoms with Crippen LogP contribution >= 0.6 is 11.6 Å². The van der Waals surface area contributed by atoms with Crippen LogP contribution in [0.3, 0.4) is 0 Å². The van der Waals surface area contributed by atoms with Crippen molar-refractivity contribution in [2.75, 3.05) is 11.9 Å². The molecular weight excluding hydrogens is 376 g/mol. The summed E-state index contributed by atoms with van der Waals surface area (Å²) < 4.78 is 51.5. The van der Waals surface area contributed by atoms with Crippen molar-refractivity contribution in [2.45, 2.75) is 12.6 Å². The molecule has 0 heterocycles. The van der Waals surface area contributed by atoms with Crippen LogP contribution in [0.5, 0.6) is 0 Å². The van der Waals surface area contributed by atoms with Gasteiger partial charge in [0, 0.05) is 6.54 Å². The van der Waals surface area contributed by atoms with Gasteiger partial charge in [0.05, 0.1) is 16.3 Å². The highest BCUT2D eigenvalue weighted by Gasteiger charge is 2.31. The number of nitrogens with one attached hydrogen (secondary N) is 2. The molecule has 0 fully saturated rings. The van der Waals surface area contributed by atoms with Gasteiger partial charge in [-0.05, 0) is 36.2 Å². The number of benzene rings is 2. The SMILES string of the molecule is O=C(NCCc1ccccc1F)C(=O)Nc1cc(C(F)(F)F)ccc1Cl. The van der Waals surface area contributed by atoms with Crippen LogP contribution in [-0.2, 0) is 22.2 Å². The van der Waals surface area contributed by atoms with Crippen LogP contribution in [0.15, 0.2) is 42.5 Å². The van der Waals surface area contributed by atoms with E-state index in [1.165, 1.54) is 18.2 Å². The molecule has 0 aliphatic carbocycles. The number of rotatable bonds is 4. The Labute approximate surface area is 151 Å². The van der Waals surface area contributed by atoms with E-state index in [0.717, 1.165) is 12.1 Å². The van der Waals surface area contributed by atoms with Gasteiger partial charge in [-0.1, -0.05) is 29.8 Å². The zero-order valence-electron chi connectivity index (χ0n) is 13.2. The molecule has 4 nitrogen and oxygen atoms in total. The second-order valence-electron chi connectivity index (χ2n) is 5.24. The lowest BCUT2D eigenvalue weighted by molar-refractivity contribution is -0.137. The van der Waals surface area contributed by atoms with Crippen molar-refractivity contribution < 1.29 is 27.2 Å². The molecule has 0 aromatic heterocycles. The van der Waals surface area contributed by atoms with E-state index in [0.29, 0.717) is 11.6 Å². The molecular formula is C17H13ClF4N2O2. The van der Waals surface area contributed by atoms with Crippen molar-refractivity contribution in [3.8, 4) is 0 Å². The third kappa shape index (κ3) is 5.19. The van der Waals surface area contributed by atoms with Gasteiger partial charge in [-0.2, -0.15) is 13.2 Å². The average molecular weight is 389 g/mol. The first-order chi connectivity index (χ1) is 12.2. The van der Waals surface area contributed by atoms with Crippen molar-refractivity contribution in [1.29, 1.82) is 0 Å². The summed E-state index contributed by atoms with van der Waals surface area (Å²) in [4.78, 5) is 23.5. The normalized spacial score (nSPS) is 11.1. The van der Waals surface area contributed by atoms with Crippen LogP contribution in [0, 0.1) is 5.82 Å². The Morgan fingerprint density at radius 2 is 1.73 bits per heavy atom. The van der Waals surface area contributed by atoms with Crippen molar-refractivity contribution in [3.05, 3.63) is 64.4 Å². The summed E-state index contributed by atoms with van der Waals surface area (Å²) in [7, 11) is 0. The minimum Gasteiger partial charge on any atom is -0.347 e. The molecule has 0 bridgehead atoms. The molecule has 0 spiro atoms. The molecule has 138 valence electrons. The van der Waals surface area contributed by atoms with E-state index < -0.39 is 29.4 Å². The number of halogens is 5. The van der Waals surface area contributed by atoms with E-state index in [2.05, 4.69) is 5.32 Å². The van der Waals surface area contributed by atoms with Crippen LogP contribution in [-0.4, -0.2) is 18.4 Å². The number of amides is 2. The first kappa shape index (κ1) is 19.7. The van der Waals surface area contributed by atoms with E-state index in [-0.39, 0.29) is 23.7 Å². The molecule has 0 aliphatic heterocycles. The van der Waals surface area contributed by atoms with E-state index >= 15 is 0 Å². The van der Waals surface area contributed by atoms with Crippen LogP contribution in [0.4, 0.5) is 23.2 Å². The third-order valence-electron chi connectivity index (χ3n) is 3.39. The lowest BCUT2D eigenvalue weighted by atomic mass is 10.1.